The van der Waals surface area contributed by atoms with E-state index in [1.54, 1.807) is 18.2 Å². The van der Waals surface area contributed by atoms with Gasteiger partial charge in [-0.15, -0.1) is 0 Å². The number of rotatable bonds is 6. The molecule has 0 N–H and O–H groups in total. The number of alkyl halides is 2. The van der Waals surface area contributed by atoms with E-state index in [0.717, 1.165) is 21.0 Å². The zero-order chi connectivity index (χ0) is 23.8. The van der Waals surface area contributed by atoms with Gasteiger partial charge in [-0.2, -0.15) is 13.1 Å². The number of fused-ring (bicyclic) bond motifs is 1. The summed E-state index contributed by atoms with van der Waals surface area (Å²) in [5, 5.41) is 0. The predicted octanol–water partition coefficient (Wildman–Crippen LogP) is 4.28. The van der Waals surface area contributed by atoms with Crippen molar-refractivity contribution < 1.29 is 31.1 Å². The molecule has 0 saturated carbocycles. The van der Waals surface area contributed by atoms with Crippen LogP contribution in [0.2, 0.25) is 0 Å². The lowest BCUT2D eigenvalue weighted by Crippen LogP contribution is -2.42. The highest BCUT2D eigenvalue weighted by Gasteiger charge is 2.35. The SMILES string of the molecule is C[C@H](OC(=O)[C@H]1CCCN(S(=O)(=O)c2ccc(F)cc2)C1)c1nc2ccccc2n1C(F)F. The van der Waals surface area contributed by atoms with Crippen molar-refractivity contribution >= 4 is 27.0 Å². The number of esters is 1. The Morgan fingerprint density at radius 3 is 2.55 bits per heavy atom. The highest BCUT2D eigenvalue weighted by atomic mass is 32.2. The fourth-order valence-corrected chi connectivity index (χ4v) is 5.51. The number of carbonyl (C=O) groups is 1. The molecule has 176 valence electrons. The molecule has 2 aromatic carbocycles. The second-order valence-electron chi connectivity index (χ2n) is 7.84. The minimum atomic E-state index is -3.92. The Hall–Kier alpha value is -2.92. The average Bonchev–Trinajstić information content (AvgIpc) is 3.19. The van der Waals surface area contributed by atoms with Gasteiger partial charge in [0.05, 0.1) is 21.8 Å². The van der Waals surface area contributed by atoms with Crippen molar-refractivity contribution in [2.75, 3.05) is 13.1 Å². The summed E-state index contributed by atoms with van der Waals surface area (Å²) >= 11 is 0. The largest absolute Gasteiger partial charge is 0.454 e. The van der Waals surface area contributed by atoms with Gasteiger partial charge in [0.1, 0.15) is 5.82 Å². The summed E-state index contributed by atoms with van der Waals surface area (Å²) in [5.74, 6) is -2.10. The fourth-order valence-electron chi connectivity index (χ4n) is 3.99. The number of hydrogen-bond acceptors (Lipinski definition) is 5. The third kappa shape index (κ3) is 4.60. The van der Waals surface area contributed by atoms with E-state index in [0.29, 0.717) is 18.4 Å². The van der Waals surface area contributed by atoms with Crippen molar-refractivity contribution in [1.29, 1.82) is 0 Å². The molecule has 1 fully saturated rings. The third-order valence-corrected chi connectivity index (χ3v) is 7.52. The maximum atomic E-state index is 13.7. The maximum Gasteiger partial charge on any atom is 0.320 e. The van der Waals surface area contributed by atoms with E-state index in [1.807, 2.05) is 0 Å². The highest BCUT2D eigenvalue weighted by Crippen LogP contribution is 2.30. The lowest BCUT2D eigenvalue weighted by atomic mass is 10.00. The number of ether oxygens (including phenoxy) is 1. The summed E-state index contributed by atoms with van der Waals surface area (Å²) < 4.78 is 73.7. The Morgan fingerprint density at radius 1 is 1.15 bits per heavy atom. The van der Waals surface area contributed by atoms with Gasteiger partial charge in [0, 0.05) is 13.1 Å². The molecular weight excluding hydrogens is 459 g/mol. The quantitative estimate of drug-likeness (QED) is 0.491. The lowest BCUT2D eigenvalue weighted by Gasteiger charge is -2.31. The summed E-state index contributed by atoms with van der Waals surface area (Å²) in [6, 6.07) is 10.8. The first kappa shape index (κ1) is 23.2. The summed E-state index contributed by atoms with van der Waals surface area (Å²) in [4.78, 5) is 16.9. The Morgan fingerprint density at radius 2 is 1.85 bits per heavy atom. The van der Waals surface area contributed by atoms with E-state index in [1.165, 1.54) is 25.1 Å². The molecule has 0 radical (unpaired) electrons. The van der Waals surface area contributed by atoms with E-state index in [-0.39, 0.29) is 29.3 Å². The summed E-state index contributed by atoms with van der Waals surface area (Å²) in [6.45, 7) is -1.33. The van der Waals surface area contributed by atoms with Gasteiger partial charge in [-0.25, -0.2) is 17.8 Å². The number of imidazole rings is 1. The van der Waals surface area contributed by atoms with Gasteiger partial charge < -0.3 is 4.74 Å². The van der Waals surface area contributed by atoms with Gasteiger partial charge in [0.15, 0.2) is 11.9 Å². The number of benzene rings is 2. The molecule has 3 aromatic rings. The van der Waals surface area contributed by atoms with Gasteiger partial charge in [-0.3, -0.25) is 9.36 Å². The molecule has 7 nitrogen and oxygen atoms in total. The monoisotopic (exact) mass is 481 g/mol. The van der Waals surface area contributed by atoms with Crippen LogP contribution in [0.3, 0.4) is 0 Å². The first-order valence-corrected chi connectivity index (χ1v) is 11.8. The second-order valence-corrected chi connectivity index (χ2v) is 9.78. The van der Waals surface area contributed by atoms with E-state index < -0.39 is 40.4 Å². The van der Waals surface area contributed by atoms with Crippen molar-refractivity contribution in [2.24, 2.45) is 5.92 Å². The minimum absolute atomic E-state index is 0.0723. The molecule has 33 heavy (non-hydrogen) atoms. The van der Waals surface area contributed by atoms with Crippen LogP contribution in [0, 0.1) is 11.7 Å². The summed E-state index contributed by atoms with van der Waals surface area (Å²) in [6.07, 6.45) is -0.251. The number of nitrogens with zero attached hydrogens (tertiary/aromatic N) is 3. The van der Waals surface area contributed by atoms with Crippen LogP contribution in [-0.2, 0) is 19.6 Å². The molecule has 0 amide bonds. The second kappa shape index (κ2) is 9.14. The topological polar surface area (TPSA) is 81.5 Å². The predicted molar refractivity (Wildman–Crippen MR) is 113 cm³/mol. The number of aromatic nitrogens is 2. The molecule has 1 aliphatic rings. The van der Waals surface area contributed by atoms with Gasteiger partial charge in [-0.1, -0.05) is 12.1 Å². The molecule has 4 rings (SSSR count). The average molecular weight is 481 g/mol. The van der Waals surface area contributed by atoms with Gasteiger partial charge in [0.25, 0.3) is 0 Å². The van der Waals surface area contributed by atoms with E-state index in [4.69, 9.17) is 4.74 Å². The van der Waals surface area contributed by atoms with E-state index >= 15 is 0 Å². The molecule has 1 aromatic heterocycles. The summed E-state index contributed by atoms with van der Waals surface area (Å²) in [5.41, 5.74) is 0.574. The van der Waals surface area contributed by atoms with E-state index in [9.17, 15) is 26.4 Å². The first-order chi connectivity index (χ1) is 15.7. The Labute approximate surface area is 188 Å². The van der Waals surface area contributed by atoms with Crippen LogP contribution in [0.25, 0.3) is 11.0 Å². The number of carbonyl (C=O) groups excluding carboxylic acids is 1. The lowest BCUT2D eigenvalue weighted by molar-refractivity contribution is -0.155. The Balaban J connectivity index is 1.50. The van der Waals surface area contributed by atoms with Crippen LogP contribution in [0.5, 0.6) is 0 Å². The molecule has 1 aliphatic heterocycles. The molecule has 2 heterocycles. The molecule has 0 spiro atoms. The normalized spacial score (nSPS) is 18.5. The smallest absolute Gasteiger partial charge is 0.320 e. The van der Waals surface area contributed by atoms with Crippen LogP contribution in [-0.4, -0.2) is 41.3 Å². The minimum Gasteiger partial charge on any atom is -0.454 e. The number of hydrogen-bond donors (Lipinski definition) is 0. The van der Waals surface area contributed by atoms with Crippen molar-refractivity contribution in [2.45, 2.75) is 37.3 Å². The Bertz CT molecular complexity index is 1260. The number of sulfonamides is 1. The highest BCUT2D eigenvalue weighted by molar-refractivity contribution is 7.89. The zero-order valence-electron chi connectivity index (χ0n) is 17.7. The number of piperidine rings is 1. The molecule has 0 unspecified atom stereocenters. The zero-order valence-corrected chi connectivity index (χ0v) is 18.5. The van der Waals surface area contributed by atoms with Crippen LogP contribution in [0.15, 0.2) is 53.4 Å². The van der Waals surface area contributed by atoms with Gasteiger partial charge in [-0.05, 0) is 56.2 Å². The fraction of sp³-hybridized carbons (Fsp3) is 0.364. The van der Waals surface area contributed by atoms with Crippen molar-refractivity contribution in [1.82, 2.24) is 13.9 Å². The van der Waals surface area contributed by atoms with Gasteiger partial charge in [0.2, 0.25) is 10.0 Å². The molecule has 0 aliphatic carbocycles. The van der Waals surface area contributed by atoms with Crippen LogP contribution in [0.1, 0.15) is 38.2 Å². The standard InChI is InChI=1S/C22H22F3N3O4S/c1-14(20-26-18-6-2-3-7-19(18)28(20)22(24)25)32-21(29)15-5-4-12-27(13-15)33(30,31)17-10-8-16(23)9-11-17/h2-3,6-11,14-15,22H,4-5,12-13H2,1H3/t14-,15-/m0/s1. The molecule has 2 atom stereocenters. The summed E-state index contributed by atoms with van der Waals surface area (Å²) in [7, 11) is -3.92. The van der Waals surface area contributed by atoms with Crippen molar-refractivity contribution in [3.05, 3.63) is 60.2 Å². The van der Waals surface area contributed by atoms with Crippen LogP contribution < -0.4 is 0 Å². The molecule has 11 heteroatoms. The molecule has 1 saturated heterocycles. The van der Waals surface area contributed by atoms with Crippen molar-refractivity contribution in [3.8, 4) is 0 Å². The van der Waals surface area contributed by atoms with E-state index in [2.05, 4.69) is 4.98 Å². The third-order valence-electron chi connectivity index (χ3n) is 5.64. The Kier molecular flexibility index (Phi) is 6.44. The van der Waals surface area contributed by atoms with Crippen molar-refractivity contribution in [3.63, 3.8) is 0 Å². The number of para-hydroxylation sites is 2. The maximum absolute atomic E-state index is 13.7. The molecular formula is C22H22F3N3O4S. The van der Waals surface area contributed by atoms with Gasteiger partial charge >= 0.3 is 12.5 Å². The first-order valence-electron chi connectivity index (χ1n) is 10.4. The van der Waals surface area contributed by atoms with Crippen LogP contribution in [0.4, 0.5) is 13.2 Å². The molecule has 0 bridgehead atoms. The number of halogens is 3. The van der Waals surface area contributed by atoms with Crippen LogP contribution >= 0.6 is 0 Å².